The van der Waals surface area contributed by atoms with Gasteiger partial charge in [-0.1, -0.05) is 61.3 Å². The van der Waals surface area contributed by atoms with Gasteiger partial charge in [-0.15, -0.1) is 0 Å². The summed E-state index contributed by atoms with van der Waals surface area (Å²) in [5.41, 5.74) is 7.90. The lowest BCUT2D eigenvalue weighted by molar-refractivity contribution is -0.136. The third-order valence-electron chi connectivity index (χ3n) is 6.62. The molecule has 3 aromatic rings. The van der Waals surface area contributed by atoms with Crippen LogP contribution >= 0.6 is 23.2 Å². The van der Waals surface area contributed by atoms with Crippen LogP contribution in [0.4, 0.5) is 0 Å². The van der Waals surface area contributed by atoms with Gasteiger partial charge in [-0.05, 0) is 48.1 Å². The van der Waals surface area contributed by atoms with E-state index in [0.717, 1.165) is 22.2 Å². The topological polar surface area (TPSA) is 117 Å². The molecule has 0 radical (unpaired) electrons. The van der Waals surface area contributed by atoms with Crippen molar-refractivity contribution in [2.75, 3.05) is 0 Å². The van der Waals surface area contributed by atoms with E-state index in [4.69, 9.17) is 28.9 Å². The number of para-hydroxylation sites is 1. The summed E-state index contributed by atoms with van der Waals surface area (Å²) >= 11 is 12.2. The first-order valence-electron chi connectivity index (χ1n) is 11.5. The normalized spacial score (nSPS) is 18.2. The molecule has 0 unspecified atom stereocenters. The van der Waals surface area contributed by atoms with Gasteiger partial charge in [-0.25, -0.2) is 0 Å². The predicted octanol–water partition coefficient (Wildman–Crippen LogP) is 3.69. The molecule has 1 aliphatic carbocycles. The van der Waals surface area contributed by atoms with Crippen LogP contribution in [0, 0.1) is 5.92 Å². The highest BCUT2D eigenvalue weighted by molar-refractivity contribution is 6.35. The first-order valence-corrected chi connectivity index (χ1v) is 12.3. The van der Waals surface area contributed by atoms with E-state index >= 15 is 0 Å². The van der Waals surface area contributed by atoms with Crippen molar-refractivity contribution in [3.63, 3.8) is 0 Å². The quantitative estimate of drug-likeness (QED) is 0.385. The maximum atomic E-state index is 13.7. The van der Waals surface area contributed by atoms with Crippen LogP contribution in [0.5, 0.6) is 0 Å². The number of halogens is 2. The SMILES string of the molecule is CC(C)[C@H](NC(=O)[C@@]1(NC(=O)Cc2ccc(Cl)cc2Cl)CCc2[nH]c3ccccc3c2C1)C(N)=O. The molecule has 1 aromatic heterocycles. The molecule has 0 aliphatic heterocycles. The Morgan fingerprint density at radius 3 is 2.57 bits per heavy atom. The van der Waals surface area contributed by atoms with E-state index in [1.54, 1.807) is 18.2 Å². The summed E-state index contributed by atoms with van der Waals surface area (Å²) in [7, 11) is 0. The zero-order valence-corrected chi connectivity index (χ0v) is 21.1. The maximum absolute atomic E-state index is 13.7. The van der Waals surface area contributed by atoms with E-state index in [0.29, 0.717) is 28.5 Å². The summed E-state index contributed by atoms with van der Waals surface area (Å²) in [5.74, 6) is -1.61. The van der Waals surface area contributed by atoms with Crippen LogP contribution in [0.2, 0.25) is 10.0 Å². The van der Waals surface area contributed by atoms with E-state index in [9.17, 15) is 14.4 Å². The molecule has 0 fully saturated rings. The molecule has 0 spiro atoms. The number of carbonyl (C=O) groups excluding carboxylic acids is 3. The third-order valence-corrected chi connectivity index (χ3v) is 7.21. The second-order valence-electron chi connectivity index (χ2n) is 9.44. The molecule has 9 heteroatoms. The Morgan fingerprint density at radius 2 is 1.89 bits per heavy atom. The second kappa shape index (κ2) is 9.91. The number of amides is 3. The van der Waals surface area contributed by atoms with Crippen molar-refractivity contribution in [1.82, 2.24) is 15.6 Å². The molecule has 5 N–H and O–H groups in total. The van der Waals surface area contributed by atoms with Gasteiger partial charge in [0.15, 0.2) is 0 Å². The minimum Gasteiger partial charge on any atom is -0.368 e. The Balaban J connectivity index is 1.67. The van der Waals surface area contributed by atoms with Gasteiger partial charge in [0.05, 0.1) is 6.42 Å². The first kappa shape index (κ1) is 25.1. The number of hydrogen-bond acceptors (Lipinski definition) is 3. The number of aromatic amines is 1. The standard InChI is InChI=1S/C26H28Cl2N4O3/c1-14(2)23(24(29)34)31-25(35)26(32-22(33)11-15-7-8-16(27)12-19(15)28)10-9-21-18(13-26)17-5-3-4-6-20(17)30-21/h3-8,12,14,23,30H,9-11,13H2,1-2H3,(H2,29,34)(H,31,35)(H,32,33)/t23-,26+/m0/s1. The number of nitrogens with two attached hydrogens (primary N) is 1. The molecule has 1 aliphatic rings. The van der Waals surface area contributed by atoms with Crippen molar-refractivity contribution in [2.45, 2.75) is 51.1 Å². The largest absolute Gasteiger partial charge is 0.368 e. The number of fused-ring (bicyclic) bond motifs is 3. The summed E-state index contributed by atoms with van der Waals surface area (Å²) in [5, 5.41) is 7.65. The van der Waals surface area contributed by atoms with E-state index in [2.05, 4.69) is 15.6 Å². The Labute approximate surface area is 213 Å². The number of benzene rings is 2. The summed E-state index contributed by atoms with van der Waals surface area (Å²) in [6.45, 7) is 3.62. The number of primary amides is 1. The average Bonchev–Trinajstić information content (AvgIpc) is 3.16. The minimum absolute atomic E-state index is 0.0186. The molecule has 0 bridgehead atoms. The Hall–Kier alpha value is -3.03. The Kier molecular flexibility index (Phi) is 7.10. The number of nitrogens with one attached hydrogen (secondary N) is 3. The van der Waals surface area contributed by atoms with Crippen LogP contribution in [0.15, 0.2) is 42.5 Å². The zero-order chi connectivity index (χ0) is 25.3. The highest BCUT2D eigenvalue weighted by atomic mass is 35.5. The fourth-order valence-corrected chi connectivity index (χ4v) is 5.23. The smallest absolute Gasteiger partial charge is 0.246 e. The van der Waals surface area contributed by atoms with Crippen molar-refractivity contribution in [2.24, 2.45) is 11.7 Å². The van der Waals surface area contributed by atoms with Gasteiger partial charge < -0.3 is 21.4 Å². The van der Waals surface area contributed by atoms with Crippen molar-refractivity contribution >= 4 is 51.8 Å². The van der Waals surface area contributed by atoms with Crippen molar-refractivity contribution in [3.05, 3.63) is 69.3 Å². The van der Waals surface area contributed by atoms with Crippen LogP contribution in [0.3, 0.4) is 0 Å². The van der Waals surface area contributed by atoms with E-state index in [1.165, 1.54) is 0 Å². The number of H-pyrrole nitrogens is 1. The minimum atomic E-state index is -1.25. The fraction of sp³-hybridized carbons (Fsp3) is 0.346. The van der Waals surface area contributed by atoms with Crippen LogP contribution in [-0.4, -0.2) is 34.3 Å². The molecule has 0 saturated carbocycles. The molecule has 7 nitrogen and oxygen atoms in total. The molecule has 35 heavy (non-hydrogen) atoms. The lowest BCUT2D eigenvalue weighted by atomic mass is 9.78. The number of aromatic nitrogens is 1. The van der Waals surface area contributed by atoms with Crippen LogP contribution in [0.1, 0.15) is 37.1 Å². The van der Waals surface area contributed by atoms with Gasteiger partial charge in [-0.3, -0.25) is 14.4 Å². The van der Waals surface area contributed by atoms with Crippen molar-refractivity contribution < 1.29 is 14.4 Å². The molecule has 4 rings (SSSR count). The maximum Gasteiger partial charge on any atom is 0.246 e. The molecule has 3 amide bonds. The highest BCUT2D eigenvalue weighted by Crippen LogP contribution is 2.34. The monoisotopic (exact) mass is 514 g/mol. The molecular formula is C26H28Cl2N4O3. The zero-order valence-electron chi connectivity index (χ0n) is 19.6. The average molecular weight is 515 g/mol. The molecule has 2 aromatic carbocycles. The van der Waals surface area contributed by atoms with Crippen molar-refractivity contribution in [1.29, 1.82) is 0 Å². The lowest BCUT2D eigenvalue weighted by Gasteiger charge is -2.38. The van der Waals surface area contributed by atoms with Crippen LogP contribution in [0.25, 0.3) is 10.9 Å². The molecule has 1 heterocycles. The van der Waals surface area contributed by atoms with Gasteiger partial charge in [0.1, 0.15) is 11.6 Å². The summed E-state index contributed by atoms with van der Waals surface area (Å²) in [6, 6.07) is 11.9. The van der Waals surface area contributed by atoms with Crippen molar-refractivity contribution in [3.8, 4) is 0 Å². The number of rotatable bonds is 7. The summed E-state index contributed by atoms with van der Waals surface area (Å²) in [4.78, 5) is 42.4. The van der Waals surface area contributed by atoms with Crippen LogP contribution < -0.4 is 16.4 Å². The molecule has 184 valence electrons. The number of hydrogen-bond donors (Lipinski definition) is 4. The number of aryl methyl sites for hydroxylation is 1. The van der Waals surface area contributed by atoms with Gasteiger partial charge in [0.25, 0.3) is 0 Å². The number of carbonyl (C=O) groups is 3. The molecule has 0 saturated heterocycles. The van der Waals surface area contributed by atoms with E-state index < -0.39 is 23.4 Å². The first-order chi connectivity index (χ1) is 16.6. The second-order valence-corrected chi connectivity index (χ2v) is 10.3. The van der Waals surface area contributed by atoms with Gasteiger partial charge in [0.2, 0.25) is 17.7 Å². The summed E-state index contributed by atoms with van der Waals surface area (Å²) < 4.78 is 0. The fourth-order valence-electron chi connectivity index (χ4n) is 4.75. The lowest BCUT2D eigenvalue weighted by Crippen LogP contribution is -2.64. The van der Waals surface area contributed by atoms with Crippen LogP contribution in [-0.2, 0) is 33.6 Å². The Bertz CT molecular complexity index is 1300. The van der Waals surface area contributed by atoms with Gasteiger partial charge in [0, 0.05) is 33.1 Å². The molecular weight excluding hydrogens is 487 g/mol. The Morgan fingerprint density at radius 1 is 1.14 bits per heavy atom. The van der Waals surface area contributed by atoms with E-state index in [-0.39, 0.29) is 24.7 Å². The predicted molar refractivity (Wildman–Crippen MR) is 137 cm³/mol. The van der Waals surface area contributed by atoms with E-state index in [1.807, 2.05) is 38.1 Å². The third kappa shape index (κ3) is 5.16. The van der Waals surface area contributed by atoms with Gasteiger partial charge >= 0.3 is 0 Å². The van der Waals surface area contributed by atoms with Gasteiger partial charge in [-0.2, -0.15) is 0 Å². The molecule has 2 atom stereocenters. The summed E-state index contributed by atoms with van der Waals surface area (Å²) in [6.07, 6.45) is 1.18. The highest BCUT2D eigenvalue weighted by Gasteiger charge is 2.45.